The quantitative estimate of drug-likeness (QED) is 0.664. The summed E-state index contributed by atoms with van der Waals surface area (Å²) in [5.74, 6) is 0.122. The number of nitrogens with zero attached hydrogens (tertiary/aromatic N) is 1. The van der Waals surface area contributed by atoms with Crippen molar-refractivity contribution in [1.82, 2.24) is 9.55 Å². The van der Waals surface area contributed by atoms with Crippen molar-refractivity contribution in [1.29, 1.82) is 0 Å². The molecule has 0 aliphatic carbocycles. The molecule has 0 radical (unpaired) electrons. The van der Waals surface area contributed by atoms with Gasteiger partial charge in [0.05, 0.1) is 17.1 Å². The number of aromatic amines is 1. The number of imidazole rings is 1. The second kappa shape index (κ2) is 5.14. The molecule has 104 valence electrons. The lowest BCUT2D eigenvalue weighted by molar-refractivity contribution is 0.448. The van der Waals surface area contributed by atoms with Crippen molar-refractivity contribution < 1.29 is 4.39 Å². The summed E-state index contributed by atoms with van der Waals surface area (Å²) in [5.41, 5.74) is 1.70. The summed E-state index contributed by atoms with van der Waals surface area (Å²) in [5, 5.41) is 2.06. The minimum atomic E-state index is -0.242. The molecular formula is C15H15FN2S2. The molecule has 0 saturated carbocycles. The zero-order valence-electron chi connectivity index (χ0n) is 11.3. The predicted octanol–water partition coefficient (Wildman–Crippen LogP) is 5.14. The normalized spacial score (nSPS) is 13.2. The van der Waals surface area contributed by atoms with Gasteiger partial charge in [-0.15, -0.1) is 11.3 Å². The number of thiophene rings is 1. The molecule has 0 aliphatic heterocycles. The summed E-state index contributed by atoms with van der Waals surface area (Å²) in [6, 6.07) is 9.00. The molecule has 20 heavy (non-hydrogen) atoms. The van der Waals surface area contributed by atoms with Gasteiger partial charge < -0.3 is 9.55 Å². The molecule has 0 saturated heterocycles. The highest BCUT2D eigenvalue weighted by atomic mass is 32.1. The molecule has 5 heteroatoms. The molecule has 2 nitrogen and oxygen atoms in total. The summed E-state index contributed by atoms with van der Waals surface area (Å²) in [4.78, 5) is 4.40. The maximum absolute atomic E-state index is 13.6. The Morgan fingerprint density at radius 3 is 2.75 bits per heavy atom. The molecule has 0 bridgehead atoms. The molecule has 0 fully saturated rings. The second-order valence-corrected chi connectivity index (χ2v) is 6.53. The summed E-state index contributed by atoms with van der Waals surface area (Å²) in [6.45, 7) is 4.31. The Morgan fingerprint density at radius 1 is 1.30 bits per heavy atom. The lowest BCUT2D eigenvalue weighted by Gasteiger charge is -2.22. The lowest BCUT2D eigenvalue weighted by atomic mass is 10.0. The van der Waals surface area contributed by atoms with Crippen molar-refractivity contribution in [2.24, 2.45) is 5.92 Å². The van der Waals surface area contributed by atoms with Crippen molar-refractivity contribution in [3.05, 3.63) is 51.2 Å². The average molecular weight is 306 g/mol. The molecular weight excluding hydrogens is 291 g/mol. The van der Waals surface area contributed by atoms with Gasteiger partial charge in [0, 0.05) is 4.88 Å². The average Bonchev–Trinajstić information content (AvgIpc) is 3.00. The molecule has 1 atom stereocenters. The molecule has 3 rings (SSSR count). The van der Waals surface area contributed by atoms with E-state index >= 15 is 0 Å². The van der Waals surface area contributed by atoms with Gasteiger partial charge in [-0.05, 0) is 47.8 Å². The van der Waals surface area contributed by atoms with Crippen LogP contribution in [0.1, 0.15) is 24.8 Å². The Labute approximate surface area is 125 Å². The lowest BCUT2D eigenvalue weighted by Crippen LogP contribution is -2.15. The molecule has 1 N–H and O–H groups in total. The van der Waals surface area contributed by atoms with Crippen LogP contribution in [0, 0.1) is 16.5 Å². The number of hydrogen-bond acceptors (Lipinski definition) is 2. The SMILES string of the molecule is CC(C)C(c1cccs1)n1c(=S)[nH]c2ccc(F)cc21. The Kier molecular flexibility index (Phi) is 3.48. The van der Waals surface area contributed by atoms with Gasteiger partial charge in [-0.1, -0.05) is 19.9 Å². The van der Waals surface area contributed by atoms with Gasteiger partial charge in [0.2, 0.25) is 0 Å². The Hall–Kier alpha value is -1.46. The second-order valence-electron chi connectivity index (χ2n) is 5.17. The summed E-state index contributed by atoms with van der Waals surface area (Å²) < 4.78 is 16.2. The smallest absolute Gasteiger partial charge is 0.178 e. The summed E-state index contributed by atoms with van der Waals surface area (Å²) >= 11 is 7.16. The summed E-state index contributed by atoms with van der Waals surface area (Å²) in [6.07, 6.45) is 0. The van der Waals surface area contributed by atoms with E-state index < -0.39 is 0 Å². The van der Waals surface area contributed by atoms with Crippen molar-refractivity contribution in [3.63, 3.8) is 0 Å². The Balaban J connectivity index is 2.28. The van der Waals surface area contributed by atoms with Gasteiger partial charge in [0.1, 0.15) is 5.82 Å². The van der Waals surface area contributed by atoms with Crippen LogP contribution in [0.2, 0.25) is 0 Å². The van der Waals surface area contributed by atoms with Gasteiger partial charge >= 0.3 is 0 Å². The number of fused-ring (bicyclic) bond motifs is 1. The third-order valence-electron chi connectivity index (χ3n) is 3.42. The van der Waals surface area contributed by atoms with E-state index in [1.165, 1.54) is 10.9 Å². The van der Waals surface area contributed by atoms with Crippen LogP contribution in [0.5, 0.6) is 0 Å². The number of hydrogen-bond donors (Lipinski definition) is 1. The number of aromatic nitrogens is 2. The van der Waals surface area contributed by atoms with Gasteiger partial charge in [0.25, 0.3) is 0 Å². The van der Waals surface area contributed by atoms with Crippen LogP contribution in [-0.2, 0) is 0 Å². The number of halogens is 1. The van der Waals surface area contributed by atoms with Crippen LogP contribution in [0.25, 0.3) is 11.0 Å². The predicted molar refractivity (Wildman–Crippen MR) is 84.4 cm³/mol. The maximum atomic E-state index is 13.6. The molecule has 1 aromatic carbocycles. The van der Waals surface area contributed by atoms with Crippen LogP contribution < -0.4 is 0 Å². The van der Waals surface area contributed by atoms with Gasteiger partial charge in [-0.25, -0.2) is 4.39 Å². The zero-order valence-corrected chi connectivity index (χ0v) is 12.9. The number of nitrogens with one attached hydrogen (secondary N) is 1. The molecule has 1 unspecified atom stereocenters. The van der Waals surface area contributed by atoms with Gasteiger partial charge in [-0.2, -0.15) is 0 Å². The fourth-order valence-corrected chi connectivity index (χ4v) is 3.89. The molecule has 2 heterocycles. The van der Waals surface area contributed by atoms with E-state index in [-0.39, 0.29) is 11.9 Å². The standard InChI is InChI=1S/C15H15FN2S2/c1-9(2)14(13-4-3-7-20-13)18-12-8-10(16)5-6-11(12)17-15(18)19/h3-9,14H,1-2H3,(H,17,19). The van der Waals surface area contributed by atoms with Crippen LogP contribution in [0.4, 0.5) is 4.39 Å². The van der Waals surface area contributed by atoms with Crippen LogP contribution in [-0.4, -0.2) is 9.55 Å². The van der Waals surface area contributed by atoms with E-state index in [2.05, 4.69) is 30.3 Å². The number of H-pyrrole nitrogens is 1. The minimum absolute atomic E-state index is 0.123. The van der Waals surface area contributed by atoms with Crippen LogP contribution >= 0.6 is 23.6 Å². The first-order valence-corrected chi connectivity index (χ1v) is 7.80. The Bertz CT molecular complexity index is 784. The first-order chi connectivity index (χ1) is 9.58. The molecule has 2 aromatic heterocycles. The zero-order chi connectivity index (χ0) is 14.3. The summed E-state index contributed by atoms with van der Waals surface area (Å²) in [7, 11) is 0. The Morgan fingerprint density at radius 2 is 2.10 bits per heavy atom. The van der Waals surface area contributed by atoms with Crippen molar-refractivity contribution >= 4 is 34.6 Å². The fourth-order valence-electron chi connectivity index (χ4n) is 2.58. The van der Waals surface area contributed by atoms with E-state index in [1.54, 1.807) is 23.5 Å². The number of benzene rings is 1. The van der Waals surface area contributed by atoms with E-state index in [1.807, 2.05) is 10.6 Å². The molecule has 3 aromatic rings. The van der Waals surface area contributed by atoms with Crippen LogP contribution in [0.3, 0.4) is 0 Å². The van der Waals surface area contributed by atoms with E-state index in [4.69, 9.17) is 12.2 Å². The van der Waals surface area contributed by atoms with Crippen LogP contribution in [0.15, 0.2) is 35.7 Å². The first-order valence-electron chi connectivity index (χ1n) is 6.51. The largest absolute Gasteiger partial charge is 0.331 e. The fraction of sp³-hybridized carbons (Fsp3) is 0.267. The minimum Gasteiger partial charge on any atom is -0.331 e. The topological polar surface area (TPSA) is 20.7 Å². The molecule has 0 spiro atoms. The first kappa shape index (κ1) is 13.5. The highest BCUT2D eigenvalue weighted by Crippen LogP contribution is 2.33. The van der Waals surface area contributed by atoms with Crippen molar-refractivity contribution in [3.8, 4) is 0 Å². The monoisotopic (exact) mass is 306 g/mol. The number of rotatable bonds is 3. The van der Waals surface area contributed by atoms with Crippen molar-refractivity contribution in [2.45, 2.75) is 19.9 Å². The van der Waals surface area contributed by atoms with E-state index in [9.17, 15) is 4.39 Å². The third-order valence-corrected chi connectivity index (χ3v) is 4.67. The van der Waals surface area contributed by atoms with Gasteiger partial charge in [-0.3, -0.25) is 0 Å². The van der Waals surface area contributed by atoms with Crippen molar-refractivity contribution in [2.75, 3.05) is 0 Å². The third kappa shape index (κ3) is 2.21. The van der Waals surface area contributed by atoms with Gasteiger partial charge in [0.15, 0.2) is 4.77 Å². The molecule has 0 amide bonds. The van der Waals surface area contributed by atoms with E-state index in [0.717, 1.165) is 11.0 Å². The maximum Gasteiger partial charge on any atom is 0.178 e. The molecule has 0 aliphatic rings. The highest BCUT2D eigenvalue weighted by molar-refractivity contribution is 7.71. The van der Waals surface area contributed by atoms with E-state index in [0.29, 0.717) is 10.7 Å². The highest BCUT2D eigenvalue weighted by Gasteiger charge is 2.22.